The lowest BCUT2D eigenvalue weighted by Gasteiger charge is -1.98. The molecule has 0 unspecified atom stereocenters. The van der Waals surface area contributed by atoms with Gasteiger partial charge in [-0.15, -0.1) is 0 Å². The second kappa shape index (κ2) is 3.50. The van der Waals surface area contributed by atoms with Crippen LogP contribution in [-0.4, -0.2) is 16.1 Å². The van der Waals surface area contributed by atoms with Crippen molar-refractivity contribution in [3.63, 3.8) is 0 Å². The number of aryl methyl sites for hydroxylation is 2. The lowest BCUT2D eigenvalue weighted by Crippen LogP contribution is -2.04. The molecule has 0 atom stereocenters. The van der Waals surface area contributed by atoms with Crippen LogP contribution in [-0.2, 0) is 13.5 Å². The van der Waals surface area contributed by atoms with Gasteiger partial charge >= 0.3 is 0 Å². The van der Waals surface area contributed by atoms with Gasteiger partial charge in [-0.3, -0.25) is 0 Å². The minimum absolute atomic E-state index is 0.756. The van der Waals surface area contributed by atoms with Gasteiger partial charge in [0.2, 0.25) is 0 Å². The molecule has 0 spiro atoms. The maximum Gasteiger partial charge on any atom is 0.108 e. The van der Waals surface area contributed by atoms with Crippen LogP contribution >= 0.6 is 0 Å². The number of nitrogens with zero attached hydrogens (tertiary/aromatic N) is 2. The van der Waals surface area contributed by atoms with Crippen LogP contribution in [0.4, 0.5) is 0 Å². The fourth-order valence-electron chi connectivity index (χ4n) is 1.60. The Bertz CT molecular complexity index is 286. The Kier molecular flexibility index (Phi) is 2.36. The van der Waals surface area contributed by atoms with Crippen molar-refractivity contribution in [2.75, 3.05) is 6.54 Å². The number of aromatic nitrogens is 2. The number of imidazole rings is 1. The van der Waals surface area contributed by atoms with Gasteiger partial charge in [0.15, 0.2) is 0 Å². The van der Waals surface area contributed by atoms with Crippen molar-refractivity contribution < 1.29 is 0 Å². The first-order chi connectivity index (χ1) is 6.31. The zero-order valence-corrected chi connectivity index (χ0v) is 8.16. The van der Waals surface area contributed by atoms with Crippen molar-refractivity contribution >= 4 is 0 Å². The van der Waals surface area contributed by atoms with Crippen molar-refractivity contribution in [2.45, 2.75) is 31.6 Å². The SMILES string of the molecule is Cn1cc(C2CC2)nc1CCCN. The average molecular weight is 179 g/mol. The first-order valence-corrected chi connectivity index (χ1v) is 5.03. The van der Waals surface area contributed by atoms with Crippen molar-refractivity contribution in [2.24, 2.45) is 12.8 Å². The summed E-state index contributed by atoms with van der Waals surface area (Å²) in [4.78, 5) is 4.62. The summed E-state index contributed by atoms with van der Waals surface area (Å²) in [6.45, 7) is 0.756. The molecule has 1 aliphatic rings. The van der Waals surface area contributed by atoms with Crippen LogP contribution in [0.15, 0.2) is 6.20 Å². The second-order valence-corrected chi connectivity index (χ2v) is 3.86. The highest BCUT2D eigenvalue weighted by molar-refractivity contribution is 5.14. The first-order valence-electron chi connectivity index (χ1n) is 5.03. The first kappa shape index (κ1) is 8.75. The van der Waals surface area contributed by atoms with E-state index in [-0.39, 0.29) is 0 Å². The zero-order valence-electron chi connectivity index (χ0n) is 8.16. The van der Waals surface area contributed by atoms with Gasteiger partial charge in [-0.05, 0) is 25.8 Å². The summed E-state index contributed by atoms with van der Waals surface area (Å²) in [5.41, 5.74) is 6.75. The Balaban J connectivity index is 2.06. The van der Waals surface area contributed by atoms with Gasteiger partial charge in [0.25, 0.3) is 0 Å². The third-order valence-electron chi connectivity index (χ3n) is 2.59. The van der Waals surface area contributed by atoms with Gasteiger partial charge in [0.05, 0.1) is 5.69 Å². The quantitative estimate of drug-likeness (QED) is 0.754. The highest BCUT2D eigenvalue weighted by atomic mass is 15.0. The molecule has 0 aromatic carbocycles. The molecule has 0 radical (unpaired) electrons. The average Bonchev–Trinajstić information content (AvgIpc) is 2.89. The van der Waals surface area contributed by atoms with E-state index in [4.69, 9.17) is 5.73 Å². The molecule has 2 N–H and O–H groups in total. The van der Waals surface area contributed by atoms with Crippen LogP contribution in [0.25, 0.3) is 0 Å². The molecule has 3 nitrogen and oxygen atoms in total. The normalized spacial score (nSPS) is 16.5. The second-order valence-electron chi connectivity index (χ2n) is 3.86. The van der Waals surface area contributed by atoms with E-state index in [1.165, 1.54) is 24.4 Å². The standard InChI is InChI=1S/C10H17N3/c1-13-7-9(8-4-5-8)12-10(13)3-2-6-11/h7-8H,2-6,11H2,1H3. The molecule has 1 fully saturated rings. The lowest BCUT2D eigenvalue weighted by molar-refractivity contribution is 0.730. The van der Waals surface area contributed by atoms with E-state index >= 15 is 0 Å². The Hall–Kier alpha value is -0.830. The molecule has 3 heteroatoms. The Morgan fingerprint density at radius 2 is 2.38 bits per heavy atom. The molecule has 0 aliphatic heterocycles. The van der Waals surface area contributed by atoms with Gasteiger partial charge in [-0.2, -0.15) is 0 Å². The highest BCUT2D eigenvalue weighted by Crippen LogP contribution is 2.39. The van der Waals surface area contributed by atoms with E-state index in [9.17, 15) is 0 Å². The van der Waals surface area contributed by atoms with Crippen LogP contribution < -0.4 is 5.73 Å². The maximum atomic E-state index is 5.47. The Morgan fingerprint density at radius 3 is 3.00 bits per heavy atom. The van der Waals surface area contributed by atoms with E-state index in [1.807, 2.05) is 0 Å². The fraction of sp³-hybridized carbons (Fsp3) is 0.700. The summed E-state index contributed by atoms with van der Waals surface area (Å²) in [5, 5.41) is 0. The molecular formula is C10H17N3. The Labute approximate surface area is 79.0 Å². The minimum Gasteiger partial charge on any atom is -0.338 e. The predicted octanol–water partition coefficient (Wildman–Crippen LogP) is 1.19. The fourth-order valence-corrected chi connectivity index (χ4v) is 1.60. The third-order valence-corrected chi connectivity index (χ3v) is 2.59. The lowest BCUT2D eigenvalue weighted by atomic mass is 10.3. The number of hydrogen-bond acceptors (Lipinski definition) is 2. The topological polar surface area (TPSA) is 43.8 Å². The van der Waals surface area contributed by atoms with Crippen LogP contribution in [0.3, 0.4) is 0 Å². The molecule has 0 saturated heterocycles. The summed E-state index contributed by atoms with van der Waals surface area (Å²) >= 11 is 0. The van der Waals surface area contributed by atoms with Crippen LogP contribution in [0.5, 0.6) is 0 Å². The number of hydrogen-bond donors (Lipinski definition) is 1. The van der Waals surface area contributed by atoms with E-state index in [0.29, 0.717) is 0 Å². The summed E-state index contributed by atoms with van der Waals surface area (Å²) in [5.74, 6) is 1.95. The van der Waals surface area contributed by atoms with Gasteiger partial charge in [-0.1, -0.05) is 0 Å². The van der Waals surface area contributed by atoms with E-state index in [1.54, 1.807) is 0 Å². The largest absolute Gasteiger partial charge is 0.338 e. The molecule has 1 saturated carbocycles. The summed E-state index contributed by atoms with van der Waals surface area (Å²) < 4.78 is 2.14. The highest BCUT2D eigenvalue weighted by Gasteiger charge is 2.26. The van der Waals surface area contributed by atoms with Crippen molar-refractivity contribution in [1.82, 2.24) is 9.55 Å². The van der Waals surface area contributed by atoms with Crippen LogP contribution in [0.1, 0.15) is 36.7 Å². The molecular weight excluding hydrogens is 162 g/mol. The smallest absolute Gasteiger partial charge is 0.108 e. The summed E-state index contributed by atoms with van der Waals surface area (Å²) in [7, 11) is 2.07. The summed E-state index contributed by atoms with van der Waals surface area (Å²) in [6.07, 6.45) is 6.87. The molecule has 72 valence electrons. The molecule has 13 heavy (non-hydrogen) atoms. The predicted molar refractivity (Wildman–Crippen MR) is 52.6 cm³/mol. The molecule has 0 amide bonds. The number of nitrogens with two attached hydrogens (primary N) is 1. The van der Waals surface area contributed by atoms with Crippen molar-refractivity contribution in [1.29, 1.82) is 0 Å². The van der Waals surface area contributed by atoms with Gasteiger partial charge in [0, 0.05) is 25.6 Å². The monoisotopic (exact) mass is 179 g/mol. The van der Waals surface area contributed by atoms with Gasteiger partial charge in [-0.25, -0.2) is 4.98 Å². The van der Waals surface area contributed by atoms with Crippen LogP contribution in [0, 0.1) is 0 Å². The molecule has 1 aromatic heterocycles. The van der Waals surface area contributed by atoms with Crippen molar-refractivity contribution in [3.05, 3.63) is 17.7 Å². The maximum absolute atomic E-state index is 5.47. The molecule has 1 aromatic rings. The third kappa shape index (κ3) is 1.91. The van der Waals surface area contributed by atoms with Gasteiger partial charge in [0.1, 0.15) is 5.82 Å². The zero-order chi connectivity index (χ0) is 9.26. The Morgan fingerprint density at radius 1 is 1.62 bits per heavy atom. The van der Waals surface area contributed by atoms with E-state index in [2.05, 4.69) is 22.8 Å². The van der Waals surface area contributed by atoms with Gasteiger partial charge < -0.3 is 10.3 Å². The molecule has 0 bridgehead atoms. The number of rotatable bonds is 4. The van der Waals surface area contributed by atoms with Crippen molar-refractivity contribution in [3.8, 4) is 0 Å². The molecule has 2 rings (SSSR count). The van der Waals surface area contributed by atoms with E-state index < -0.39 is 0 Å². The summed E-state index contributed by atoms with van der Waals surface area (Å²) in [6, 6.07) is 0. The molecule has 1 aliphatic carbocycles. The van der Waals surface area contributed by atoms with Crippen LogP contribution in [0.2, 0.25) is 0 Å². The molecule has 1 heterocycles. The minimum atomic E-state index is 0.756. The van der Waals surface area contributed by atoms with E-state index in [0.717, 1.165) is 25.3 Å².